The van der Waals surface area contributed by atoms with Crippen molar-refractivity contribution in [1.29, 1.82) is 0 Å². The minimum Gasteiger partial charge on any atom is -0.545 e. The first-order chi connectivity index (χ1) is 9.49. The number of carboxylic acid groups (broad SMARTS) is 2. The van der Waals surface area contributed by atoms with E-state index in [1.807, 2.05) is 30.3 Å². The lowest BCUT2D eigenvalue weighted by Gasteiger charge is -2.08. The zero-order valence-corrected chi connectivity index (χ0v) is 10.4. The van der Waals surface area contributed by atoms with Crippen LogP contribution >= 0.6 is 0 Å². The summed E-state index contributed by atoms with van der Waals surface area (Å²) in [5.74, 6) is -3.09. The highest BCUT2D eigenvalue weighted by Crippen LogP contribution is 2.20. The van der Waals surface area contributed by atoms with Crippen LogP contribution in [-0.4, -0.2) is 24.5 Å². The predicted octanol–water partition coefficient (Wildman–Crippen LogP) is -1.88. The Hall–Kier alpha value is -2.83. The summed E-state index contributed by atoms with van der Waals surface area (Å²) in [5, 5.41) is 18.8. The molecule has 0 spiro atoms. The molecule has 0 saturated carbocycles. The molecule has 106 valence electrons. The van der Waals surface area contributed by atoms with E-state index in [-0.39, 0.29) is 6.10 Å². The van der Waals surface area contributed by atoms with Gasteiger partial charge in [0.05, 0.1) is 18.5 Å². The van der Waals surface area contributed by atoms with Crippen molar-refractivity contribution in [2.75, 3.05) is 6.54 Å². The lowest BCUT2D eigenvalue weighted by atomic mass is 10.1. The summed E-state index contributed by atoms with van der Waals surface area (Å²) < 4.78 is 5.28. The molecule has 0 aliphatic carbocycles. The Labute approximate surface area is 115 Å². The number of ether oxygens (including phenoxy) is 1. The van der Waals surface area contributed by atoms with E-state index in [9.17, 15) is 19.8 Å². The summed E-state index contributed by atoms with van der Waals surface area (Å²) in [6, 6.07) is 10.3. The fourth-order valence-electron chi connectivity index (χ4n) is 1.37. The van der Waals surface area contributed by atoms with Crippen LogP contribution in [0.5, 0.6) is 0 Å². The Balaban J connectivity index is 0.000000221. The Morgan fingerprint density at radius 1 is 1.20 bits per heavy atom. The maximum absolute atomic E-state index is 9.41. The van der Waals surface area contributed by atoms with E-state index in [0.717, 1.165) is 5.56 Å². The zero-order chi connectivity index (χ0) is 15.0. The summed E-state index contributed by atoms with van der Waals surface area (Å²) in [6.45, 7) is 0.635. The predicted molar refractivity (Wildman–Crippen MR) is 65.9 cm³/mol. The van der Waals surface area contributed by atoms with Crippen LogP contribution in [0.15, 0.2) is 47.5 Å². The minimum absolute atomic E-state index is 0.0196. The molecule has 1 aliphatic heterocycles. The maximum atomic E-state index is 9.41. The van der Waals surface area contributed by atoms with E-state index >= 15 is 0 Å². The summed E-state index contributed by atoms with van der Waals surface area (Å²) in [5.41, 5.74) is 6.52. The number of nitrogens with two attached hydrogens (primary N) is 1. The summed E-state index contributed by atoms with van der Waals surface area (Å²) in [7, 11) is 0. The molecule has 2 rings (SSSR count). The number of carbonyl (C=O) groups is 2. The lowest BCUT2D eigenvalue weighted by molar-refractivity contribution is -0.301. The molecule has 1 heterocycles. The van der Waals surface area contributed by atoms with Crippen LogP contribution in [-0.2, 0) is 14.3 Å². The Bertz CT molecular complexity index is 509. The van der Waals surface area contributed by atoms with Gasteiger partial charge in [-0.1, -0.05) is 30.3 Å². The van der Waals surface area contributed by atoms with E-state index in [0.29, 0.717) is 24.7 Å². The van der Waals surface area contributed by atoms with Crippen molar-refractivity contribution in [2.24, 2.45) is 10.7 Å². The molecule has 1 aromatic rings. The van der Waals surface area contributed by atoms with E-state index < -0.39 is 11.9 Å². The molecule has 0 radical (unpaired) electrons. The average Bonchev–Trinajstić information content (AvgIpc) is 2.85. The van der Waals surface area contributed by atoms with Gasteiger partial charge in [0, 0.05) is 0 Å². The molecular formula is C13H12N2O5-2. The van der Waals surface area contributed by atoms with Gasteiger partial charge in [0.2, 0.25) is 0 Å². The third-order valence-electron chi connectivity index (χ3n) is 2.20. The Kier molecular flexibility index (Phi) is 5.76. The Morgan fingerprint density at radius 2 is 1.75 bits per heavy atom. The fraction of sp³-hybridized carbons (Fsp3) is 0.154. The van der Waals surface area contributed by atoms with Gasteiger partial charge in [-0.3, -0.25) is 0 Å². The van der Waals surface area contributed by atoms with Gasteiger partial charge in [0.15, 0.2) is 0 Å². The first-order valence-electron chi connectivity index (χ1n) is 5.60. The number of benzene rings is 1. The number of nitrogens with zero attached hydrogens (tertiary/aromatic N) is 1. The van der Waals surface area contributed by atoms with Gasteiger partial charge in [-0.2, -0.15) is 0 Å². The highest BCUT2D eigenvalue weighted by molar-refractivity contribution is 5.87. The van der Waals surface area contributed by atoms with Crippen molar-refractivity contribution in [2.45, 2.75) is 6.10 Å². The number of carboxylic acids is 2. The average molecular weight is 276 g/mol. The van der Waals surface area contributed by atoms with Crippen molar-refractivity contribution < 1.29 is 24.5 Å². The second kappa shape index (κ2) is 7.57. The molecular weight excluding hydrogens is 264 g/mol. The van der Waals surface area contributed by atoms with Gasteiger partial charge >= 0.3 is 0 Å². The molecule has 0 fully saturated rings. The van der Waals surface area contributed by atoms with Gasteiger partial charge in [0.1, 0.15) is 6.10 Å². The molecule has 1 unspecified atom stereocenters. The van der Waals surface area contributed by atoms with Crippen LogP contribution in [0.3, 0.4) is 0 Å². The molecule has 0 aromatic heterocycles. The van der Waals surface area contributed by atoms with E-state index in [1.165, 1.54) is 0 Å². The normalized spacial score (nSPS) is 16.8. The topological polar surface area (TPSA) is 128 Å². The van der Waals surface area contributed by atoms with E-state index in [2.05, 4.69) is 4.99 Å². The minimum atomic E-state index is -1.55. The molecule has 1 aliphatic rings. The molecule has 1 aromatic carbocycles. The molecule has 7 heteroatoms. The van der Waals surface area contributed by atoms with Crippen molar-refractivity contribution in [3.63, 3.8) is 0 Å². The fourth-order valence-corrected chi connectivity index (χ4v) is 1.37. The van der Waals surface area contributed by atoms with Crippen LogP contribution < -0.4 is 15.9 Å². The maximum Gasteiger partial charge on any atom is 0.282 e. The summed E-state index contributed by atoms with van der Waals surface area (Å²) >= 11 is 0. The van der Waals surface area contributed by atoms with Crippen molar-refractivity contribution in [3.8, 4) is 0 Å². The second-order valence-electron chi connectivity index (χ2n) is 3.67. The first-order valence-corrected chi connectivity index (χ1v) is 5.60. The molecule has 1 atom stereocenters. The smallest absolute Gasteiger partial charge is 0.282 e. The second-order valence-corrected chi connectivity index (χ2v) is 3.67. The number of hydrogen-bond donors (Lipinski definition) is 1. The standard InChI is InChI=1S/C9H10N2O.C4H4O4/c10-9-11-6-8(12-9)7-4-2-1-3-5-7;5-3(6)1-2-4(7)8/h1-5,8H,6H2,(H2,10,11);1-2H,(H,5,6)(H,7,8)/p-2/b;2-1+. The highest BCUT2D eigenvalue weighted by atomic mass is 16.5. The van der Waals surface area contributed by atoms with E-state index in [4.69, 9.17) is 10.5 Å². The highest BCUT2D eigenvalue weighted by Gasteiger charge is 2.18. The van der Waals surface area contributed by atoms with Crippen LogP contribution in [0.25, 0.3) is 0 Å². The van der Waals surface area contributed by atoms with Crippen LogP contribution in [0.4, 0.5) is 0 Å². The largest absolute Gasteiger partial charge is 0.545 e. The number of aliphatic carboxylic acids is 2. The molecule has 2 N–H and O–H groups in total. The van der Waals surface area contributed by atoms with Gasteiger partial charge in [0.25, 0.3) is 6.02 Å². The Morgan fingerprint density at radius 3 is 2.15 bits per heavy atom. The lowest BCUT2D eigenvalue weighted by Crippen LogP contribution is -2.23. The van der Waals surface area contributed by atoms with Gasteiger partial charge in [-0.05, 0) is 17.7 Å². The van der Waals surface area contributed by atoms with Crippen molar-refractivity contribution in [1.82, 2.24) is 0 Å². The molecule has 0 saturated heterocycles. The molecule has 7 nitrogen and oxygen atoms in total. The number of amidine groups is 1. The number of carbonyl (C=O) groups excluding carboxylic acids is 2. The van der Waals surface area contributed by atoms with Gasteiger partial charge < -0.3 is 30.3 Å². The number of aliphatic imine (C=N–C) groups is 1. The molecule has 20 heavy (non-hydrogen) atoms. The van der Waals surface area contributed by atoms with Gasteiger partial charge in [-0.25, -0.2) is 4.99 Å². The van der Waals surface area contributed by atoms with E-state index in [1.54, 1.807) is 0 Å². The molecule has 0 bridgehead atoms. The number of rotatable bonds is 3. The quantitative estimate of drug-likeness (QED) is 0.643. The monoisotopic (exact) mass is 276 g/mol. The summed E-state index contributed by atoms with van der Waals surface area (Å²) in [4.78, 5) is 22.8. The number of hydrogen-bond acceptors (Lipinski definition) is 7. The van der Waals surface area contributed by atoms with Crippen molar-refractivity contribution >= 4 is 18.0 Å². The van der Waals surface area contributed by atoms with Crippen LogP contribution in [0.1, 0.15) is 11.7 Å². The van der Waals surface area contributed by atoms with Crippen molar-refractivity contribution in [3.05, 3.63) is 48.0 Å². The van der Waals surface area contributed by atoms with Crippen LogP contribution in [0, 0.1) is 0 Å². The third kappa shape index (κ3) is 5.67. The summed E-state index contributed by atoms with van der Waals surface area (Å²) in [6.07, 6.45) is 0.788. The van der Waals surface area contributed by atoms with Crippen LogP contribution in [0.2, 0.25) is 0 Å². The zero-order valence-electron chi connectivity index (χ0n) is 10.4. The van der Waals surface area contributed by atoms with Gasteiger partial charge in [-0.15, -0.1) is 0 Å². The SMILES string of the molecule is NC1=NCC(c2ccccc2)O1.O=C([O-])/C=C/C(=O)[O-]. The first kappa shape index (κ1) is 15.2. The molecule has 0 amide bonds. The third-order valence-corrected chi connectivity index (χ3v) is 2.20.